The van der Waals surface area contributed by atoms with Crippen molar-refractivity contribution in [3.63, 3.8) is 0 Å². The van der Waals surface area contributed by atoms with Gasteiger partial charge < -0.3 is 14.5 Å². The van der Waals surface area contributed by atoms with Crippen molar-refractivity contribution < 1.29 is 18.7 Å². The number of carbonyl (C=O) groups excluding carboxylic acids is 2. The predicted molar refractivity (Wildman–Crippen MR) is 136 cm³/mol. The van der Waals surface area contributed by atoms with Crippen molar-refractivity contribution in [1.82, 2.24) is 9.80 Å². The molecule has 1 aliphatic rings. The molecule has 0 saturated carbocycles. The van der Waals surface area contributed by atoms with Crippen LogP contribution in [0, 0.1) is 12.7 Å². The molecule has 0 radical (unpaired) electrons. The Balaban J connectivity index is 1.55. The Morgan fingerprint density at radius 2 is 1.91 bits per heavy atom. The molecule has 2 heterocycles. The molecule has 5 nitrogen and oxygen atoms in total. The number of benzene rings is 2. The number of aryl methyl sites for hydroxylation is 1. The van der Waals surface area contributed by atoms with Crippen LogP contribution in [0.5, 0.6) is 5.75 Å². The van der Waals surface area contributed by atoms with Gasteiger partial charge in [-0.05, 0) is 79.6 Å². The number of rotatable bonds is 8. The highest BCUT2D eigenvalue weighted by atomic mass is 32.1. The first-order chi connectivity index (χ1) is 16.9. The summed E-state index contributed by atoms with van der Waals surface area (Å²) in [7, 11) is 0. The zero-order chi connectivity index (χ0) is 24.9. The zero-order valence-electron chi connectivity index (χ0n) is 20.4. The Hall–Kier alpha value is -3.19. The normalized spacial score (nSPS) is 15.9. The van der Waals surface area contributed by atoms with Crippen LogP contribution in [-0.4, -0.2) is 47.4 Å². The Bertz CT molecular complexity index is 1180. The number of carbonyl (C=O) groups is 2. The lowest BCUT2D eigenvalue weighted by molar-refractivity contribution is -0.136. The van der Waals surface area contributed by atoms with E-state index in [1.807, 2.05) is 61.4 Å². The maximum atomic E-state index is 13.7. The summed E-state index contributed by atoms with van der Waals surface area (Å²) in [6.45, 7) is 6.74. The van der Waals surface area contributed by atoms with E-state index in [0.717, 1.165) is 24.0 Å². The number of thiophene rings is 1. The molecule has 7 heteroatoms. The average Bonchev–Trinajstić information content (AvgIpc) is 3.35. The summed E-state index contributed by atoms with van der Waals surface area (Å²) in [5, 5.41) is 2.04. The number of fused-ring (bicyclic) bond motifs is 1. The van der Waals surface area contributed by atoms with Gasteiger partial charge in [-0.25, -0.2) is 4.39 Å². The first-order valence-corrected chi connectivity index (χ1v) is 12.9. The number of hydrogen-bond donors (Lipinski definition) is 0. The van der Waals surface area contributed by atoms with Crippen molar-refractivity contribution in [1.29, 1.82) is 0 Å². The monoisotopic (exact) mass is 494 g/mol. The number of halogens is 1. The lowest BCUT2D eigenvalue weighted by Crippen LogP contribution is -2.50. The van der Waals surface area contributed by atoms with Gasteiger partial charge in [0.15, 0.2) is 0 Å². The highest BCUT2D eigenvalue weighted by Crippen LogP contribution is 2.34. The second-order valence-electron chi connectivity index (χ2n) is 8.92. The van der Waals surface area contributed by atoms with E-state index < -0.39 is 0 Å². The second-order valence-corrected chi connectivity index (χ2v) is 9.92. The summed E-state index contributed by atoms with van der Waals surface area (Å²) in [6.07, 6.45) is 1.53. The highest BCUT2D eigenvalue weighted by molar-refractivity contribution is 7.10. The molecular weight excluding hydrogens is 463 g/mol. The largest absolute Gasteiger partial charge is 0.491 e. The van der Waals surface area contributed by atoms with Crippen molar-refractivity contribution in [2.45, 2.75) is 45.7 Å². The first kappa shape index (κ1) is 24.9. The Morgan fingerprint density at radius 1 is 1.17 bits per heavy atom. The standard InChI is InChI=1S/C28H31FN2O3S/c1-4-20(3)31(28(33)23-8-6-5-7-19(23)2)17-27(32)30-15-13-26-24(14-16-35-26)25(30)18-34-22-11-9-21(29)10-12-22/h5-12,14,16,20,25H,4,13,15,17-18H2,1-3H3. The molecule has 2 atom stereocenters. The van der Waals surface area contributed by atoms with Crippen LogP contribution in [-0.2, 0) is 11.2 Å². The first-order valence-electron chi connectivity index (χ1n) is 12.0. The molecule has 0 N–H and O–H groups in total. The van der Waals surface area contributed by atoms with Crippen LogP contribution in [0.4, 0.5) is 4.39 Å². The van der Waals surface area contributed by atoms with E-state index in [1.165, 1.54) is 17.0 Å². The van der Waals surface area contributed by atoms with Gasteiger partial charge >= 0.3 is 0 Å². The molecule has 2 amide bonds. The molecule has 0 fully saturated rings. The van der Waals surface area contributed by atoms with E-state index in [0.29, 0.717) is 17.9 Å². The van der Waals surface area contributed by atoms with E-state index in [1.54, 1.807) is 28.4 Å². The maximum absolute atomic E-state index is 13.7. The Morgan fingerprint density at radius 3 is 2.63 bits per heavy atom. The molecular formula is C28H31FN2O3S. The van der Waals surface area contributed by atoms with Gasteiger partial charge in [0, 0.05) is 23.0 Å². The molecule has 3 aromatic rings. The van der Waals surface area contributed by atoms with E-state index >= 15 is 0 Å². The lowest BCUT2D eigenvalue weighted by atomic mass is 10.00. The van der Waals surface area contributed by atoms with Crippen LogP contribution in [0.15, 0.2) is 60.0 Å². The third kappa shape index (κ3) is 5.56. The molecule has 2 aromatic carbocycles. The molecule has 0 spiro atoms. The summed E-state index contributed by atoms with van der Waals surface area (Å²) in [6, 6.07) is 15.1. The summed E-state index contributed by atoms with van der Waals surface area (Å²) in [4.78, 5) is 31.9. The highest BCUT2D eigenvalue weighted by Gasteiger charge is 2.34. The predicted octanol–water partition coefficient (Wildman–Crippen LogP) is 5.64. The maximum Gasteiger partial charge on any atom is 0.254 e. The third-order valence-corrected chi connectivity index (χ3v) is 7.70. The summed E-state index contributed by atoms with van der Waals surface area (Å²) < 4.78 is 19.3. The van der Waals surface area contributed by atoms with Crippen molar-refractivity contribution >= 4 is 23.2 Å². The van der Waals surface area contributed by atoms with Crippen LogP contribution in [0.25, 0.3) is 0 Å². The van der Waals surface area contributed by atoms with Crippen molar-refractivity contribution in [2.24, 2.45) is 0 Å². The number of nitrogens with zero attached hydrogens (tertiary/aromatic N) is 2. The Kier molecular flexibility index (Phi) is 7.86. The second kappa shape index (κ2) is 11.0. The van der Waals surface area contributed by atoms with Gasteiger partial charge in [0.05, 0.1) is 6.04 Å². The van der Waals surface area contributed by atoms with Crippen LogP contribution < -0.4 is 4.74 Å². The minimum absolute atomic E-state index is 0.00862. The fraction of sp³-hybridized carbons (Fsp3) is 0.357. The van der Waals surface area contributed by atoms with Crippen molar-refractivity contribution in [3.8, 4) is 5.75 Å². The fourth-order valence-electron chi connectivity index (χ4n) is 4.43. The lowest BCUT2D eigenvalue weighted by Gasteiger charge is -2.38. The zero-order valence-corrected chi connectivity index (χ0v) is 21.2. The van der Waals surface area contributed by atoms with Crippen molar-refractivity contribution in [3.05, 3.63) is 87.4 Å². The number of hydrogen-bond acceptors (Lipinski definition) is 4. The van der Waals surface area contributed by atoms with Crippen LogP contribution in [0.1, 0.15) is 52.7 Å². The molecule has 0 saturated heterocycles. The molecule has 184 valence electrons. The number of amides is 2. The van der Waals surface area contributed by atoms with Crippen molar-refractivity contribution in [2.75, 3.05) is 19.7 Å². The van der Waals surface area contributed by atoms with Gasteiger partial charge in [0.1, 0.15) is 24.7 Å². The van der Waals surface area contributed by atoms with E-state index in [4.69, 9.17) is 4.74 Å². The van der Waals surface area contributed by atoms with E-state index in [2.05, 4.69) is 0 Å². The molecule has 1 aromatic heterocycles. The Labute approximate surface area is 210 Å². The molecule has 2 unspecified atom stereocenters. The minimum atomic E-state index is -0.324. The van der Waals surface area contributed by atoms with Gasteiger partial charge in [-0.3, -0.25) is 9.59 Å². The topological polar surface area (TPSA) is 49.9 Å². The van der Waals surface area contributed by atoms with E-state index in [9.17, 15) is 14.0 Å². The summed E-state index contributed by atoms with van der Waals surface area (Å²) in [5.74, 6) is 0.00226. The molecule has 35 heavy (non-hydrogen) atoms. The SMILES string of the molecule is CCC(C)N(CC(=O)N1CCc2sccc2C1COc1ccc(F)cc1)C(=O)c1ccccc1C. The van der Waals surface area contributed by atoms with Gasteiger partial charge in [-0.15, -0.1) is 11.3 Å². The molecule has 1 aliphatic heterocycles. The third-order valence-electron chi connectivity index (χ3n) is 6.70. The quantitative estimate of drug-likeness (QED) is 0.407. The van der Waals surface area contributed by atoms with Crippen LogP contribution >= 0.6 is 11.3 Å². The smallest absolute Gasteiger partial charge is 0.254 e. The molecule has 0 bridgehead atoms. The van der Waals surface area contributed by atoms with Gasteiger partial charge in [-0.1, -0.05) is 25.1 Å². The van der Waals surface area contributed by atoms with Gasteiger partial charge in [-0.2, -0.15) is 0 Å². The minimum Gasteiger partial charge on any atom is -0.491 e. The average molecular weight is 495 g/mol. The summed E-state index contributed by atoms with van der Waals surface area (Å²) >= 11 is 1.69. The van der Waals surface area contributed by atoms with Crippen LogP contribution in [0.3, 0.4) is 0 Å². The fourth-order valence-corrected chi connectivity index (χ4v) is 5.36. The van der Waals surface area contributed by atoms with E-state index in [-0.39, 0.29) is 42.9 Å². The molecule has 4 rings (SSSR count). The van der Waals surface area contributed by atoms with Gasteiger partial charge in [0.2, 0.25) is 5.91 Å². The van der Waals surface area contributed by atoms with Gasteiger partial charge in [0.25, 0.3) is 5.91 Å². The number of ether oxygens (including phenoxy) is 1. The molecule has 0 aliphatic carbocycles. The summed E-state index contributed by atoms with van der Waals surface area (Å²) in [5.41, 5.74) is 2.59. The van der Waals surface area contributed by atoms with Crippen LogP contribution in [0.2, 0.25) is 0 Å².